The maximum atomic E-state index is 12.0. The van der Waals surface area contributed by atoms with Gasteiger partial charge in [-0.15, -0.1) is 0 Å². The second kappa shape index (κ2) is 8.12. The number of anilines is 3. The first kappa shape index (κ1) is 16.7. The number of unbranched alkanes of at least 4 members (excludes halogenated alkanes) is 1. The van der Waals surface area contributed by atoms with Crippen molar-refractivity contribution in [1.82, 2.24) is 15.3 Å². The van der Waals surface area contributed by atoms with Gasteiger partial charge in [-0.3, -0.25) is 4.79 Å². The van der Waals surface area contributed by atoms with Gasteiger partial charge in [-0.1, -0.05) is 13.3 Å². The van der Waals surface area contributed by atoms with E-state index in [2.05, 4.69) is 27.5 Å². The molecule has 0 radical (unpaired) electrons. The first-order chi connectivity index (χ1) is 11.1. The minimum absolute atomic E-state index is 0.174. The number of carbonyl (C=O) groups is 1. The predicted octanol–water partition coefficient (Wildman–Crippen LogP) is 2.82. The molecule has 0 spiro atoms. The van der Waals surface area contributed by atoms with E-state index >= 15 is 0 Å². The van der Waals surface area contributed by atoms with Gasteiger partial charge in [0.2, 0.25) is 0 Å². The lowest BCUT2D eigenvalue weighted by atomic mass is 10.2. The number of amides is 1. The average molecular weight is 313 g/mol. The Morgan fingerprint density at radius 2 is 1.91 bits per heavy atom. The largest absolute Gasteiger partial charge is 0.378 e. The van der Waals surface area contributed by atoms with Crippen LogP contribution in [0.4, 0.5) is 17.2 Å². The van der Waals surface area contributed by atoms with E-state index in [4.69, 9.17) is 0 Å². The molecule has 0 atom stereocenters. The minimum Gasteiger partial charge on any atom is -0.378 e. The second-order valence-corrected chi connectivity index (χ2v) is 5.46. The summed E-state index contributed by atoms with van der Waals surface area (Å²) in [6.45, 7) is 2.74. The molecule has 6 heteroatoms. The second-order valence-electron chi connectivity index (χ2n) is 5.46. The fourth-order valence-corrected chi connectivity index (χ4v) is 2.01. The van der Waals surface area contributed by atoms with Crippen molar-refractivity contribution < 1.29 is 4.79 Å². The van der Waals surface area contributed by atoms with Gasteiger partial charge in [0.1, 0.15) is 17.8 Å². The molecule has 0 fully saturated rings. The summed E-state index contributed by atoms with van der Waals surface area (Å²) in [6.07, 6.45) is 3.39. The molecule has 1 aromatic heterocycles. The number of hydrogen-bond acceptors (Lipinski definition) is 5. The lowest BCUT2D eigenvalue weighted by Crippen LogP contribution is -2.25. The van der Waals surface area contributed by atoms with Crippen molar-refractivity contribution in [2.24, 2.45) is 0 Å². The molecule has 0 saturated heterocycles. The quantitative estimate of drug-likeness (QED) is 0.769. The predicted molar refractivity (Wildman–Crippen MR) is 93.3 cm³/mol. The van der Waals surface area contributed by atoms with Crippen LogP contribution in [0.1, 0.15) is 30.3 Å². The highest BCUT2D eigenvalue weighted by atomic mass is 16.1. The van der Waals surface area contributed by atoms with Crippen molar-refractivity contribution in [3.8, 4) is 0 Å². The summed E-state index contributed by atoms with van der Waals surface area (Å²) >= 11 is 0. The van der Waals surface area contributed by atoms with Crippen LogP contribution < -0.4 is 15.5 Å². The van der Waals surface area contributed by atoms with Gasteiger partial charge >= 0.3 is 0 Å². The van der Waals surface area contributed by atoms with Gasteiger partial charge in [0.05, 0.1) is 0 Å². The van der Waals surface area contributed by atoms with E-state index in [0.29, 0.717) is 18.1 Å². The monoisotopic (exact) mass is 313 g/mol. The molecule has 1 heterocycles. The van der Waals surface area contributed by atoms with Crippen molar-refractivity contribution in [3.05, 3.63) is 42.4 Å². The van der Waals surface area contributed by atoms with Crippen LogP contribution in [0.3, 0.4) is 0 Å². The molecule has 0 saturated carbocycles. The number of benzene rings is 1. The first-order valence-corrected chi connectivity index (χ1v) is 7.75. The zero-order valence-electron chi connectivity index (χ0n) is 13.8. The van der Waals surface area contributed by atoms with Crippen molar-refractivity contribution in [3.63, 3.8) is 0 Å². The third kappa shape index (κ3) is 4.95. The first-order valence-electron chi connectivity index (χ1n) is 7.75. The summed E-state index contributed by atoms with van der Waals surface area (Å²) in [5, 5.41) is 6.03. The summed E-state index contributed by atoms with van der Waals surface area (Å²) in [6, 6.07) is 9.63. The molecule has 1 amide bonds. The van der Waals surface area contributed by atoms with Gasteiger partial charge < -0.3 is 15.5 Å². The fourth-order valence-electron chi connectivity index (χ4n) is 2.01. The Hall–Kier alpha value is -2.63. The highest BCUT2D eigenvalue weighted by Crippen LogP contribution is 2.19. The molecule has 0 aliphatic heterocycles. The number of nitrogens with zero attached hydrogens (tertiary/aromatic N) is 3. The number of rotatable bonds is 7. The zero-order valence-corrected chi connectivity index (χ0v) is 13.8. The van der Waals surface area contributed by atoms with Crippen LogP contribution in [0.15, 0.2) is 36.7 Å². The maximum Gasteiger partial charge on any atom is 0.270 e. The minimum atomic E-state index is -0.174. The van der Waals surface area contributed by atoms with E-state index in [9.17, 15) is 4.79 Å². The van der Waals surface area contributed by atoms with Crippen LogP contribution in [0.2, 0.25) is 0 Å². The Morgan fingerprint density at radius 3 is 2.57 bits per heavy atom. The number of nitrogens with one attached hydrogen (secondary N) is 2. The molecule has 6 nitrogen and oxygen atoms in total. The summed E-state index contributed by atoms with van der Waals surface area (Å²) in [5.74, 6) is 0.421. The van der Waals surface area contributed by atoms with Gasteiger partial charge in [0.25, 0.3) is 5.91 Å². The zero-order chi connectivity index (χ0) is 16.7. The highest BCUT2D eigenvalue weighted by Gasteiger charge is 2.08. The number of carbonyl (C=O) groups excluding carboxylic acids is 1. The van der Waals surface area contributed by atoms with Gasteiger partial charge in [-0.05, 0) is 30.7 Å². The number of hydrogen-bond donors (Lipinski definition) is 2. The summed E-state index contributed by atoms with van der Waals surface area (Å²) in [4.78, 5) is 22.2. The lowest BCUT2D eigenvalue weighted by Gasteiger charge is -2.13. The van der Waals surface area contributed by atoms with Crippen molar-refractivity contribution in [2.75, 3.05) is 30.9 Å². The molecule has 0 unspecified atom stereocenters. The molecule has 2 N–H and O–H groups in total. The van der Waals surface area contributed by atoms with Gasteiger partial charge in [-0.25, -0.2) is 9.97 Å². The van der Waals surface area contributed by atoms with E-state index < -0.39 is 0 Å². The molecule has 0 aliphatic rings. The van der Waals surface area contributed by atoms with Crippen LogP contribution in [-0.4, -0.2) is 36.5 Å². The van der Waals surface area contributed by atoms with Crippen LogP contribution in [0.5, 0.6) is 0 Å². The summed E-state index contributed by atoms with van der Waals surface area (Å²) in [7, 11) is 3.99. The Balaban J connectivity index is 2.03. The molecule has 1 aromatic carbocycles. The van der Waals surface area contributed by atoms with Crippen molar-refractivity contribution in [1.29, 1.82) is 0 Å². The lowest BCUT2D eigenvalue weighted by molar-refractivity contribution is 0.0948. The van der Waals surface area contributed by atoms with E-state index in [-0.39, 0.29) is 5.91 Å². The standard InChI is InChI=1S/C17H23N5O/c1-4-5-10-18-17(23)15-11-16(20-12-19-15)21-13-6-8-14(9-7-13)22(2)3/h6-9,11-12H,4-5,10H2,1-3H3,(H,18,23)(H,19,20,21). The normalized spacial score (nSPS) is 10.2. The summed E-state index contributed by atoms with van der Waals surface area (Å²) in [5.41, 5.74) is 2.39. The Kier molecular flexibility index (Phi) is 5.91. The average Bonchev–Trinajstić information content (AvgIpc) is 2.56. The third-order valence-corrected chi connectivity index (χ3v) is 3.37. The molecular weight excluding hydrogens is 290 g/mol. The smallest absolute Gasteiger partial charge is 0.270 e. The summed E-state index contributed by atoms with van der Waals surface area (Å²) < 4.78 is 0. The molecular formula is C17H23N5O. The van der Waals surface area contributed by atoms with E-state index in [1.54, 1.807) is 6.07 Å². The van der Waals surface area contributed by atoms with E-state index in [1.165, 1.54) is 6.33 Å². The molecule has 0 bridgehead atoms. The molecule has 122 valence electrons. The Bertz CT molecular complexity index is 640. The topological polar surface area (TPSA) is 70.2 Å². The number of aromatic nitrogens is 2. The van der Waals surface area contributed by atoms with Gasteiger partial charge in [0, 0.05) is 38.1 Å². The van der Waals surface area contributed by atoms with Crippen LogP contribution in [0, 0.1) is 0 Å². The molecule has 2 rings (SSSR count). The SMILES string of the molecule is CCCCNC(=O)c1cc(Nc2ccc(N(C)C)cc2)ncn1. The van der Waals surface area contributed by atoms with E-state index in [1.807, 2.05) is 43.3 Å². The highest BCUT2D eigenvalue weighted by molar-refractivity contribution is 5.92. The van der Waals surface area contributed by atoms with Gasteiger partial charge in [0.15, 0.2) is 0 Å². The molecule has 23 heavy (non-hydrogen) atoms. The van der Waals surface area contributed by atoms with Crippen LogP contribution >= 0.6 is 0 Å². The van der Waals surface area contributed by atoms with E-state index in [0.717, 1.165) is 24.2 Å². The van der Waals surface area contributed by atoms with Gasteiger partial charge in [-0.2, -0.15) is 0 Å². The Labute approximate surface area is 137 Å². The van der Waals surface area contributed by atoms with Crippen LogP contribution in [0.25, 0.3) is 0 Å². The molecule has 0 aliphatic carbocycles. The third-order valence-electron chi connectivity index (χ3n) is 3.37. The fraction of sp³-hybridized carbons (Fsp3) is 0.353. The van der Waals surface area contributed by atoms with Crippen LogP contribution in [-0.2, 0) is 0 Å². The maximum absolute atomic E-state index is 12.0. The Morgan fingerprint density at radius 1 is 1.17 bits per heavy atom. The van der Waals surface area contributed by atoms with Crippen molar-refractivity contribution >= 4 is 23.1 Å². The van der Waals surface area contributed by atoms with Crippen molar-refractivity contribution in [2.45, 2.75) is 19.8 Å². The molecule has 2 aromatic rings.